The van der Waals surface area contributed by atoms with Gasteiger partial charge in [-0.3, -0.25) is 4.79 Å². The molecule has 0 unspecified atom stereocenters. The van der Waals surface area contributed by atoms with Gasteiger partial charge in [0.1, 0.15) is 11.5 Å². The Hall–Kier alpha value is -2.69. The van der Waals surface area contributed by atoms with Gasteiger partial charge in [0.05, 0.1) is 11.4 Å². The summed E-state index contributed by atoms with van der Waals surface area (Å²) in [4.78, 5) is 11.0. The second kappa shape index (κ2) is 5.30. The molecule has 0 aliphatic rings. The summed E-state index contributed by atoms with van der Waals surface area (Å²) in [5, 5.41) is 2.63. The lowest BCUT2D eigenvalue weighted by Gasteiger charge is -2.10. The smallest absolute Gasteiger partial charge is 0.221 e. The van der Waals surface area contributed by atoms with Gasteiger partial charge in [0.25, 0.3) is 0 Å². The molecular formula is C14H15N3O2. The van der Waals surface area contributed by atoms with Gasteiger partial charge in [-0.2, -0.15) is 0 Å². The number of hydrogen-bond acceptors (Lipinski definition) is 4. The fraction of sp³-hybridized carbons (Fsp3) is 0.0714. The molecule has 0 heterocycles. The average molecular weight is 257 g/mol. The Kier molecular flexibility index (Phi) is 3.56. The lowest BCUT2D eigenvalue weighted by molar-refractivity contribution is -0.114. The monoisotopic (exact) mass is 257 g/mol. The van der Waals surface area contributed by atoms with Gasteiger partial charge in [0.15, 0.2) is 0 Å². The van der Waals surface area contributed by atoms with Gasteiger partial charge >= 0.3 is 0 Å². The SMILES string of the molecule is CC(=O)Nc1ccc(Oc2cccc(N)c2)cc1N. The molecule has 1 amide bonds. The summed E-state index contributed by atoms with van der Waals surface area (Å²) in [7, 11) is 0. The first-order valence-corrected chi connectivity index (χ1v) is 5.75. The number of ether oxygens (including phenoxy) is 1. The molecule has 0 aliphatic carbocycles. The van der Waals surface area contributed by atoms with Crippen molar-refractivity contribution in [2.45, 2.75) is 6.92 Å². The summed E-state index contributed by atoms with van der Waals surface area (Å²) >= 11 is 0. The molecule has 2 aromatic rings. The summed E-state index contributed by atoms with van der Waals surface area (Å²) < 4.78 is 5.63. The number of carbonyl (C=O) groups is 1. The maximum Gasteiger partial charge on any atom is 0.221 e. The van der Waals surface area contributed by atoms with Crippen molar-refractivity contribution < 1.29 is 9.53 Å². The van der Waals surface area contributed by atoms with Crippen LogP contribution in [0.1, 0.15) is 6.92 Å². The third-order valence-electron chi connectivity index (χ3n) is 2.43. The van der Waals surface area contributed by atoms with Crippen LogP contribution in [0.4, 0.5) is 17.1 Å². The first kappa shape index (κ1) is 12.8. The quantitative estimate of drug-likeness (QED) is 0.737. The molecular weight excluding hydrogens is 242 g/mol. The number of nitrogen functional groups attached to an aromatic ring is 2. The van der Waals surface area contributed by atoms with E-state index in [4.69, 9.17) is 16.2 Å². The Bertz CT molecular complexity index is 611. The molecule has 0 saturated carbocycles. The highest BCUT2D eigenvalue weighted by molar-refractivity contribution is 5.92. The first-order chi connectivity index (χ1) is 9.04. The molecule has 0 aliphatic heterocycles. The zero-order chi connectivity index (χ0) is 13.8. The van der Waals surface area contributed by atoms with Crippen LogP contribution in [-0.4, -0.2) is 5.91 Å². The highest BCUT2D eigenvalue weighted by atomic mass is 16.5. The van der Waals surface area contributed by atoms with Crippen molar-refractivity contribution >= 4 is 23.0 Å². The van der Waals surface area contributed by atoms with E-state index in [0.717, 1.165) is 0 Å². The molecule has 2 rings (SSSR count). The number of anilines is 3. The van der Waals surface area contributed by atoms with Crippen molar-refractivity contribution in [3.8, 4) is 11.5 Å². The number of benzene rings is 2. The Morgan fingerprint density at radius 2 is 1.84 bits per heavy atom. The molecule has 19 heavy (non-hydrogen) atoms. The minimum atomic E-state index is -0.170. The van der Waals surface area contributed by atoms with Crippen molar-refractivity contribution in [2.24, 2.45) is 0 Å². The fourth-order valence-corrected chi connectivity index (χ4v) is 1.62. The Labute approximate surface area is 111 Å². The van der Waals surface area contributed by atoms with E-state index in [1.807, 2.05) is 0 Å². The van der Waals surface area contributed by atoms with E-state index < -0.39 is 0 Å². The van der Waals surface area contributed by atoms with Crippen LogP contribution in [0, 0.1) is 0 Å². The number of nitrogens with one attached hydrogen (secondary N) is 1. The molecule has 0 aromatic heterocycles. The standard InChI is InChI=1S/C14H15N3O2/c1-9(18)17-14-6-5-12(8-13(14)16)19-11-4-2-3-10(15)7-11/h2-8H,15-16H2,1H3,(H,17,18). The molecule has 0 fully saturated rings. The van der Waals surface area contributed by atoms with Crippen LogP contribution in [0.5, 0.6) is 11.5 Å². The van der Waals surface area contributed by atoms with Crippen LogP contribution in [0.3, 0.4) is 0 Å². The van der Waals surface area contributed by atoms with Crippen molar-refractivity contribution in [1.82, 2.24) is 0 Å². The summed E-state index contributed by atoms with van der Waals surface area (Å²) in [6.45, 7) is 1.43. The van der Waals surface area contributed by atoms with Crippen molar-refractivity contribution in [2.75, 3.05) is 16.8 Å². The summed E-state index contributed by atoms with van der Waals surface area (Å²) in [5.41, 5.74) is 13.1. The van der Waals surface area contributed by atoms with Crippen LogP contribution in [-0.2, 0) is 4.79 Å². The second-order valence-corrected chi connectivity index (χ2v) is 4.10. The van der Waals surface area contributed by atoms with Gasteiger partial charge in [0.2, 0.25) is 5.91 Å². The Morgan fingerprint density at radius 3 is 2.47 bits per heavy atom. The summed E-state index contributed by atoms with van der Waals surface area (Å²) in [6.07, 6.45) is 0. The highest BCUT2D eigenvalue weighted by Gasteiger charge is 2.04. The van der Waals surface area contributed by atoms with E-state index in [-0.39, 0.29) is 5.91 Å². The average Bonchev–Trinajstić information content (AvgIpc) is 2.32. The lowest BCUT2D eigenvalue weighted by atomic mass is 10.2. The predicted molar refractivity (Wildman–Crippen MR) is 76.1 cm³/mol. The normalized spacial score (nSPS) is 9.95. The van der Waals surface area contributed by atoms with Crippen LogP contribution >= 0.6 is 0 Å². The maximum absolute atomic E-state index is 11.0. The number of hydrogen-bond donors (Lipinski definition) is 3. The van der Waals surface area contributed by atoms with Gasteiger partial charge in [-0.05, 0) is 24.3 Å². The molecule has 5 heteroatoms. The molecule has 0 radical (unpaired) electrons. The molecule has 0 saturated heterocycles. The van der Waals surface area contributed by atoms with Crippen LogP contribution in [0.2, 0.25) is 0 Å². The van der Waals surface area contributed by atoms with Crippen LogP contribution in [0.25, 0.3) is 0 Å². The van der Waals surface area contributed by atoms with Gasteiger partial charge in [0, 0.05) is 24.7 Å². The van der Waals surface area contributed by atoms with Gasteiger partial charge in [-0.1, -0.05) is 6.07 Å². The third-order valence-corrected chi connectivity index (χ3v) is 2.43. The highest BCUT2D eigenvalue weighted by Crippen LogP contribution is 2.28. The second-order valence-electron chi connectivity index (χ2n) is 4.10. The minimum absolute atomic E-state index is 0.170. The molecule has 2 aromatic carbocycles. The maximum atomic E-state index is 11.0. The minimum Gasteiger partial charge on any atom is -0.457 e. The summed E-state index contributed by atoms with van der Waals surface area (Å²) in [6, 6.07) is 12.2. The molecule has 5 N–H and O–H groups in total. The Balaban J connectivity index is 2.18. The predicted octanol–water partition coefficient (Wildman–Crippen LogP) is 2.60. The molecule has 0 atom stereocenters. The van der Waals surface area contributed by atoms with E-state index in [1.54, 1.807) is 42.5 Å². The first-order valence-electron chi connectivity index (χ1n) is 5.75. The molecule has 0 bridgehead atoms. The summed E-state index contributed by atoms with van der Waals surface area (Å²) in [5.74, 6) is 1.04. The Morgan fingerprint density at radius 1 is 1.11 bits per heavy atom. The molecule has 5 nitrogen and oxygen atoms in total. The number of amides is 1. The van der Waals surface area contributed by atoms with Crippen molar-refractivity contribution in [3.63, 3.8) is 0 Å². The van der Waals surface area contributed by atoms with E-state index >= 15 is 0 Å². The number of rotatable bonds is 3. The number of nitrogens with two attached hydrogens (primary N) is 2. The van der Waals surface area contributed by atoms with Crippen LogP contribution < -0.4 is 21.5 Å². The molecule has 0 spiro atoms. The van der Waals surface area contributed by atoms with Gasteiger partial charge < -0.3 is 21.5 Å². The van der Waals surface area contributed by atoms with Gasteiger partial charge in [-0.15, -0.1) is 0 Å². The van der Waals surface area contributed by atoms with Crippen molar-refractivity contribution in [3.05, 3.63) is 42.5 Å². The third kappa shape index (κ3) is 3.38. The van der Waals surface area contributed by atoms with Gasteiger partial charge in [-0.25, -0.2) is 0 Å². The zero-order valence-corrected chi connectivity index (χ0v) is 10.5. The van der Waals surface area contributed by atoms with E-state index in [0.29, 0.717) is 28.6 Å². The largest absolute Gasteiger partial charge is 0.457 e. The zero-order valence-electron chi connectivity index (χ0n) is 10.5. The van der Waals surface area contributed by atoms with E-state index in [2.05, 4.69) is 5.32 Å². The van der Waals surface area contributed by atoms with Crippen molar-refractivity contribution in [1.29, 1.82) is 0 Å². The number of carbonyl (C=O) groups excluding carboxylic acids is 1. The topological polar surface area (TPSA) is 90.4 Å². The fourth-order valence-electron chi connectivity index (χ4n) is 1.62. The van der Waals surface area contributed by atoms with E-state index in [1.165, 1.54) is 6.92 Å². The lowest BCUT2D eigenvalue weighted by Crippen LogP contribution is -2.07. The van der Waals surface area contributed by atoms with Crippen LogP contribution in [0.15, 0.2) is 42.5 Å². The molecule has 98 valence electrons. The van der Waals surface area contributed by atoms with E-state index in [9.17, 15) is 4.79 Å².